The Morgan fingerprint density at radius 3 is 2.94 bits per heavy atom. The van der Waals surface area contributed by atoms with Crippen LogP contribution in [0.1, 0.15) is 6.92 Å². The number of hydrogen-bond acceptors (Lipinski definition) is 3. The van der Waals surface area contributed by atoms with E-state index in [-0.39, 0.29) is 12.1 Å². The van der Waals surface area contributed by atoms with Crippen LogP contribution in [0.15, 0.2) is 24.3 Å². The first-order chi connectivity index (χ1) is 8.26. The van der Waals surface area contributed by atoms with E-state index in [0.717, 1.165) is 11.4 Å². The number of para-hydroxylation sites is 2. The van der Waals surface area contributed by atoms with Gasteiger partial charge < -0.3 is 15.8 Å². The van der Waals surface area contributed by atoms with Gasteiger partial charge in [0.1, 0.15) is 5.75 Å². The molecule has 0 radical (unpaired) electrons. The summed E-state index contributed by atoms with van der Waals surface area (Å²) in [5.41, 5.74) is 6.35. The molecule has 0 bridgehead atoms. The Morgan fingerprint density at radius 1 is 1.53 bits per heavy atom. The van der Waals surface area contributed by atoms with Crippen LogP contribution in [0.3, 0.4) is 0 Å². The van der Waals surface area contributed by atoms with Gasteiger partial charge in [-0.25, -0.2) is 4.79 Å². The fourth-order valence-corrected chi connectivity index (χ4v) is 1.90. The molecule has 5 nitrogen and oxygen atoms in total. The Hall–Kier alpha value is -1.75. The fraction of sp³-hybridized carbons (Fsp3) is 0.417. The zero-order valence-corrected chi connectivity index (χ0v) is 9.85. The largest absolute Gasteiger partial charge is 0.492 e. The Labute approximate surface area is 101 Å². The number of nitrogens with zero attached hydrogens (tertiary/aromatic N) is 1. The first-order valence-electron chi connectivity index (χ1n) is 5.76. The zero-order valence-electron chi connectivity index (χ0n) is 9.85. The van der Waals surface area contributed by atoms with Gasteiger partial charge >= 0.3 is 6.03 Å². The molecule has 5 heteroatoms. The van der Waals surface area contributed by atoms with E-state index in [2.05, 4.69) is 5.32 Å². The van der Waals surface area contributed by atoms with Gasteiger partial charge in [0.05, 0.1) is 18.3 Å². The first-order valence-corrected chi connectivity index (χ1v) is 5.76. The number of ether oxygens (including phenoxy) is 1. The van der Waals surface area contributed by atoms with Crippen molar-refractivity contribution >= 4 is 11.7 Å². The molecule has 1 unspecified atom stereocenters. The van der Waals surface area contributed by atoms with Crippen LogP contribution >= 0.6 is 0 Å². The van der Waals surface area contributed by atoms with E-state index in [1.54, 1.807) is 4.90 Å². The molecule has 1 saturated heterocycles. The molecule has 0 aliphatic carbocycles. The maximum Gasteiger partial charge on any atom is 0.322 e. The van der Waals surface area contributed by atoms with Crippen LogP contribution in [0.5, 0.6) is 5.75 Å². The highest BCUT2D eigenvalue weighted by molar-refractivity contribution is 5.96. The maximum absolute atomic E-state index is 11.8. The van der Waals surface area contributed by atoms with E-state index < -0.39 is 0 Å². The van der Waals surface area contributed by atoms with E-state index in [0.29, 0.717) is 19.7 Å². The fourth-order valence-electron chi connectivity index (χ4n) is 1.90. The normalized spacial score (nSPS) is 19.3. The standard InChI is InChI=1S/C12H17N3O2/c1-2-17-11-6-4-3-5-10(11)15-8-9(7-13)14-12(15)16/h3-6,9H,2,7-8,13H2,1H3,(H,14,16). The topological polar surface area (TPSA) is 67.6 Å². The van der Waals surface area contributed by atoms with E-state index in [1.165, 1.54) is 0 Å². The zero-order chi connectivity index (χ0) is 12.3. The average Bonchev–Trinajstić information content (AvgIpc) is 2.72. The van der Waals surface area contributed by atoms with Gasteiger partial charge in [-0.05, 0) is 19.1 Å². The smallest absolute Gasteiger partial charge is 0.322 e. The minimum absolute atomic E-state index is 0.0113. The van der Waals surface area contributed by atoms with Crippen LogP contribution in [-0.2, 0) is 0 Å². The minimum atomic E-state index is -0.118. The van der Waals surface area contributed by atoms with E-state index in [4.69, 9.17) is 10.5 Å². The van der Waals surface area contributed by atoms with Crippen molar-refractivity contribution in [3.63, 3.8) is 0 Å². The minimum Gasteiger partial charge on any atom is -0.492 e. The van der Waals surface area contributed by atoms with Crippen LogP contribution in [0.4, 0.5) is 10.5 Å². The SMILES string of the molecule is CCOc1ccccc1N1CC(CN)NC1=O. The maximum atomic E-state index is 11.8. The summed E-state index contributed by atoms with van der Waals surface area (Å²) in [7, 11) is 0. The van der Waals surface area contributed by atoms with E-state index in [1.807, 2.05) is 31.2 Å². The molecule has 2 rings (SSSR count). The lowest BCUT2D eigenvalue weighted by Crippen LogP contribution is -2.33. The van der Waals surface area contributed by atoms with Crippen LogP contribution < -0.4 is 20.7 Å². The summed E-state index contributed by atoms with van der Waals surface area (Å²) < 4.78 is 5.51. The molecule has 0 spiro atoms. The number of nitrogens with one attached hydrogen (secondary N) is 1. The van der Waals surface area contributed by atoms with Crippen molar-refractivity contribution in [2.45, 2.75) is 13.0 Å². The number of carbonyl (C=O) groups is 1. The second kappa shape index (κ2) is 5.05. The molecule has 1 aromatic rings. The summed E-state index contributed by atoms with van der Waals surface area (Å²) in [6.07, 6.45) is 0. The van der Waals surface area contributed by atoms with Gasteiger partial charge in [-0.3, -0.25) is 4.90 Å². The van der Waals surface area contributed by atoms with Crippen LogP contribution in [0.2, 0.25) is 0 Å². The van der Waals surface area contributed by atoms with Gasteiger partial charge in [0.25, 0.3) is 0 Å². The molecule has 1 fully saturated rings. The van der Waals surface area contributed by atoms with Crippen molar-refractivity contribution in [3.05, 3.63) is 24.3 Å². The van der Waals surface area contributed by atoms with Crippen molar-refractivity contribution in [1.82, 2.24) is 5.32 Å². The van der Waals surface area contributed by atoms with Crippen molar-refractivity contribution < 1.29 is 9.53 Å². The molecule has 1 heterocycles. The molecule has 3 N–H and O–H groups in total. The molecule has 1 aromatic carbocycles. The lowest BCUT2D eigenvalue weighted by atomic mass is 10.2. The van der Waals surface area contributed by atoms with Gasteiger partial charge in [0.15, 0.2) is 0 Å². The molecule has 1 aliphatic heterocycles. The predicted molar refractivity (Wildman–Crippen MR) is 66.3 cm³/mol. The molecule has 92 valence electrons. The molecular formula is C12H17N3O2. The van der Waals surface area contributed by atoms with Crippen LogP contribution in [0.25, 0.3) is 0 Å². The lowest BCUT2D eigenvalue weighted by molar-refractivity contribution is 0.250. The summed E-state index contributed by atoms with van der Waals surface area (Å²) >= 11 is 0. The molecule has 17 heavy (non-hydrogen) atoms. The van der Waals surface area contributed by atoms with E-state index >= 15 is 0 Å². The molecule has 1 aliphatic rings. The number of rotatable bonds is 4. The second-order valence-electron chi connectivity index (χ2n) is 3.89. The monoisotopic (exact) mass is 235 g/mol. The summed E-state index contributed by atoms with van der Waals surface area (Å²) in [6, 6.07) is 7.42. The lowest BCUT2D eigenvalue weighted by Gasteiger charge is -2.18. The van der Waals surface area contributed by atoms with Crippen molar-refractivity contribution in [1.29, 1.82) is 0 Å². The molecular weight excluding hydrogens is 218 g/mol. The van der Waals surface area contributed by atoms with Gasteiger partial charge in [0.2, 0.25) is 0 Å². The number of amides is 2. The number of benzene rings is 1. The summed E-state index contributed by atoms with van der Waals surface area (Å²) in [6.45, 7) is 3.52. The molecule has 1 atom stereocenters. The summed E-state index contributed by atoms with van der Waals surface area (Å²) in [5.74, 6) is 0.725. The molecule has 0 aromatic heterocycles. The highest BCUT2D eigenvalue weighted by Crippen LogP contribution is 2.29. The van der Waals surface area contributed by atoms with Crippen LogP contribution in [0, 0.1) is 0 Å². The van der Waals surface area contributed by atoms with Gasteiger partial charge in [-0.2, -0.15) is 0 Å². The average molecular weight is 235 g/mol. The van der Waals surface area contributed by atoms with Crippen LogP contribution in [-0.4, -0.2) is 31.8 Å². The van der Waals surface area contributed by atoms with Gasteiger partial charge in [-0.15, -0.1) is 0 Å². The predicted octanol–water partition coefficient (Wildman–Crippen LogP) is 0.942. The highest BCUT2D eigenvalue weighted by Gasteiger charge is 2.30. The van der Waals surface area contributed by atoms with Crippen molar-refractivity contribution in [3.8, 4) is 5.75 Å². The van der Waals surface area contributed by atoms with Crippen molar-refractivity contribution in [2.75, 3.05) is 24.6 Å². The number of nitrogens with two attached hydrogens (primary N) is 1. The highest BCUT2D eigenvalue weighted by atomic mass is 16.5. The number of urea groups is 1. The first kappa shape index (κ1) is 11.7. The quantitative estimate of drug-likeness (QED) is 0.816. The van der Waals surface area contributed by atoms with Crippen molar-refractivity contribution in [2.24, 2.45) is 5.73 Å². The Kier molecular flexibility index (Phi) is 3.49. The Bertz CT molecular complexity index is 408. The molecule has 2 amide bonds. The number of anilines is 1. The third-order valence-electron chi connectivity index (χ3n) is 2.72. The Morgan fingerprint density at radius 2 is 2.29 bits per heavy atom. The number of carbonyl (C=O) groups excluding carboxylic acids is 1. The van der Waals surface area contributed by atoms with Gasteiger partial charge in [0, 0.05) is 13.1 Å². The second-order valence-corrected chi connectivity index (χ2v) is 3.89. The molecule has 0 saturated carbocycles. The van der Waals surface area contributed by atoms with E-state index in [9.17, 15) is 4.79 Å². The Balaban J connectivity index is 2.25. The third kappa shape index (κ3) is 2.34. The number of hydrogen-bond donors (Lipinski definition) is 2. The van der Waals surface area contributed by atoms with Gasteiger partial charge in [-0.1, -0.05) is 12.1 Å². The summed E-state index contributed by atoms with van der Waals surface area (Å²) in [4.78, 5) is 13.5. The third-order valence-corrected chi connectivity index (χ3v) is 2.72. The summed E-state index contributed by atoms with van der Waals surface area (Å²) in [5, 5.41) is 2.83.